The number of aliphatic carboxylic acids is 1. The number of carboxylic acids is 1. The third-order valence-corrected chi connectivity index (χ3v) is 3.24. The largest absolute Gasteiger partial charge is 0.480 e. The molecule has 1 aliphatic rings. The Morgan fingerprint density at radius 2 is 2.25 bits per heavy atom. The van der Waals surface area contributed by atoms with Crippen LogP contribution in [0.4, 0.5) is 0 Å². The van der Waals surface area contributed by atoms with Gasteiger partial charge < -0.3 is 10.4 Å². The van der Waals surface area contributed by atoms with E-state index >= 15 is 0 Å². The summed E-state index contributed by atoms with van der Waals surface area (Å²) in [6.07, 6.45) is 6.58. The Balaban J connectivity index is 2.00. The molecule has 2 N–H and O–H groups in total. The second kappa shape index (κ2) is 4.61. The van der Waals surface area contributed by atoms with E-state index in [1.807, 2.05) is 12.1 Å². The first-order valence-electron chi connectivity index (χ1n) is 5.60. The van der Waals surface area contributed by atoms with E-state index in [9.17, 15) is 9.90 Å². The molecule has 0 bridgehead atoms. The topological polar surface area (TPSA) is 62.2 Å². The lowest BCUT2D eigenvalue weighted by atomic mass is 9.90. The SMILES string of the molecule is O=C(O)C1(CCc2ccncc2)CCCN1. The van der Waals surface area contributed by atoms with Crippen molar-refractivity contribution in [3.8, 4) is 0 Å². The van der Waals surface area contributed by atoms with Crippen LogP contribution in [0, 0.1) is 0 Å². The van der Waals surface area contributed by atoms with Crippen LogP contribution < -0.4 is 5.32 Å². The Kier molecular flexibility index (Phi) is 3.19. The molecule has 4 heteroatoms. The molecule has 1 aliphatic heterocycles. The van der Waals surface area contributed by atoms with Gasteiger partial charge in [-0.25, -0.2) is 0 Å². The summed E-state index contributed by atoms with van der Waals surface area (Å²) in [5, 5.41) is 12.4. The van der Waals surface area contributed by atoms with Crippen molar-refractivity contribution >= 4 is 5.97 Å². The van der Waals surface area contributed by atoms with Gasteiger partial charge in [0.15, 0.2) is 0 Å². The first kappa shape index (κ1) is 11.1. The maximum atomic E-state index is 11.3. The van der Waals surface area contributed by atoms with Crippen molar-refractivity contribution in [2.75, 3.05) is 6.54 Å². The molecule has 2 heterocycles. The van der Waals surface area contributed by atoms with Gasteiger partial charge in [0.2, 0.25) is 0 Å². The van der Waals surface area contributed by atoms with Crippen molar-refractivity contribution in [3.63, 3.8) is 0 Å². The second-order valence-electron chi connectivity index (χ2n) is 4.27. The van der Waals surface area contributed by atoms with Crippen molar-refractivity contribution in [2.24, 2.45) is 0 Å². The fourth-order valence-corrected chi connectivity index (χ4v) is 2.22. The normalized spacial score (nSPS) is 24.5. The van der Waals surface area contributed by atoms with E-state index in [1.165, 1.54) is 0 Å². The van der Waals surface area contributed by atoms with Crippen LogP contribution in [0.1, 0.15) is 24.8 Å². The summed E-state index contributed by atoms with van der Waals surface area (Å²) in [5.41, 5.74) is 0.438. The molecule has 1 aromatic rings. The molecular formula is C12H16N2O2. The number of nitrogens with zero attached hydrogens (tertiary/aromatic N) is 1. The molecule has 16 heavy (non-hydrogen) atoms. The van der Waals surface area contributed by atoms with Gasteiger partial charge in [-0.15, -0.1) is 0 Å². The number of carboxylic acid groups (broad SMARTS) is 1. The lowest BCUT2D eigenvalue weighted by Gasteiger charge is -2.24. The Morgan fingerprint density at radius 3 is 2.81 bits per heavy atom. The zero-order valence-corrected chi connectivity index (χ0v) is 9.15. The molecule has 1 fully saturated rings. The molecule has 1 unspecified atom stereocenters. The van der Waals surface area contributed by atoms with Crippen LogP contribution >= 0.6 is 0 Å². The van der Waals surface area contributed by atoms with Gasteiger partial charge >= 0.3 is 5.97 Å². The summed E-state index contributed by atoms with van der Waals surface area (Å²) < 4.78 is 0. The van der Waals surface area contributed by atoms with E-state index < -0.39 is 11.5 Å². The highest BCUT2D eigenvalue weighted by Crippen LogP contribution is 2.25. The molecule has 1 saturated heterocycles. The average Bonchev–Trinajstić information content (AvgIpc) is 2.78. The van der Waals surface area contributed by atoms with Crippen molar-refractivity contribution in [1.29, 1.82) is 0 Å². The average molecular weight is 220 g/mol. The molecule has 4 nitrogen and oxygen atoms in total. The summed E-state index contributed by atoms with van der Waals surface area (Å²) in [4.78, 5) is 15.2. The summed E-state index contributed by atoms with van der Waals surface area (Å²) in [6.45, 7) is 0.808. The maximum absolute atomic E-state index is 11.3. The van der Waals surface area contributed by atoms with Crippen LogP contribution in [-0.4, -0.2) is 28.1 Å². The minimum Gasteiger partial charge on any atom is -0.480 e. The van der Waals surface area contributed by atoms with Crippen LogP contribution in [0.2, 0.25) is 0 Å². The number of aryl methyl sites for hydroxylation is 1. The number of hydrogen-bond donors (Lipinski definition) is 2. The Morgan fingerprint density at radius 1 is 1.50 bits per heavy atom. The van der Waals surface area contributed by atoms with Crippen molar-refractivity contribution in [3.05, 3.63) is 30.1 Å². The molecule has 0 amide bonds. The fraction of sp³-hybridized carbons (Fsp3) is 0.500. The first-order valence-corrected chi connectivity index (χ1v) is 5.60. The minimum absolute atomic E-state index is 0.645. The highest BCUT2D eigenvalue weighted by molar-refractivity contribution is 5.79. The van der Waals surface area contributed by atoms with Crippen molar-refractivity contribution < 1.29 is 9.90 Å². The molecule has 0 saturated carbocycles. The molecule has 0 radical (unpaired) electrons. The van der Waals surface area contributed by atoms with E-state index in [4.69, 9.17) is 0 Å². The Bertz CT molecular complexity index is 359. The van der Waals surface area contributed by atoms with Crippen LogP contribution in [0.5, 0.6) is 0 Å². The predicted molar refractivity (Wildman–Crippen MR) is 60.2 cm³/mol. The number of nitrogens with one attached hydrogen (secondary N) is 1. The smallest absolute Gasteiger partial charge is 0.323 e. The molecule has 0 spiro atoms. The Hall–Kier alpha value is -1.42. The molecule has 0 aromatic carbocycles. The van der Waals surface area contributed by atoms with Crippen LogP contribution in [-0.2, 0) is 11.2 Å². The monoisotopic (exact) mass is 220 g/mol. The number of carbonyl (C=O) groups is 1. The fourth-order valence-electron chi connectivity index (χ4n) is 2.22. The van der Waals surface area contributed by atoms with E-state index in [1.54, 1.807) is 12.4 Å². The number of hydrogen-bond acceptors (Lipinski definition) is 3. The molecular weight excluding hydrogens is 204 g/mol. The van der Waals surface area contributed by atoms with Crippen molar-refractivity contribution in [2.45, 2.75) is 31.2 Å². The van der Waals surface area contributed by atoms with Crippen LogP contribution in [0.25, 0.3) is 0 Å². The lowest BCUT2D eigenvalue weighted by molar-refractivity contribution is -0.144. The van der Waals surface area contributed by atoms with E-state index in [0.717, 1.165) is 31.4 Å². The molecule has 1 atom stereocenters. The maximum Gasteiger partial charge on any atom is 0.323 e. The van der Waals surface area contributed by atoms with Crippen LogP contribution in [0.15, 0.2) is 24.5 Å². The molecule has 86 valence electrons. The highest BCUT2D eigenvalue weighted by Gasteiger charge is 2.40. The highest BCUT2D eigenvalue weighted by atomic mass is 16.4. The summed E-state index contributed by atoms with van der Waals surface area (Å²) in [5.74, 6) is -0.723. The first-order chi connectivity index (χ1) is 7.73. The summed E-state index contributed by atoms with van der Waals surface area (Å²) >= 11 is 0. The van der Waals surface area contributed by atoms with Gasteiger partial charge in [-0.2, -0.15) is 0 Å². The van der Waals surface area contributed by atoms with Gasteiger partial charge in [0.05, 0.1) is 0 Å². The quantitative estimate of drug-likeness (QED) is 0.801. The van der Waals surface area contributed by atoms with Crippen molar-refractivity contribution in [1.82, 2.24) is 10.3 Å². The second-order valence-corrected chi connectivity index (χ2v) is 4.27. The molecule has 2 rings (SSSR count). The Labute approximate surface area is 94.7 Å². The van der Waals surface area contributed by atoms with Gasteiger partial charge in [0.25, 0.3) is 0 Å². The minimum atomic E-state index is -0.723. The lowest BCUT2D eigenvalue weighted by Crippen LogP contribution is -2.47. The summed E-state index contributed by atoms with van der Waals surface area (Å²) in [7, 11) is 0. The van der Waals surface area contributed by atoms with Crippen LogP contribution in [0.3, 0.4) is 0 Å². The van der Waals surface area contributed by atoms with Gasteiger partial charge in [0.1, 0.15) is 5.54 Å². The van der Waals surface area contributed by atoms with E-state index in [-0.39, 0.29) is 0 Å². The van der Waals surface area contributed by atoms with Gasteiger partial charge in [-0.3, -0.25) is 9.78 Å². The van der Waals surface area contributed by atoms with E-state index in [2.05, 4.69) is 10.3 Å². The standard InChI is InChI=1S/C12H16N2O2/c15-11(16)12(5-1-7-14-12)6-2-10-3-8-13-9-4-10/h3-4,8-9,14H,1-2,5-7H2,(H,15,16). The number of rotatable bonds is 4. The van der Waals surface area contributed by atoms with Gasteiger partial charge in [0, 0.05) is 12.4 Å². The molecule has 0 aliphatic carbocycles. The van der Waals surface area contributed by atoms with Gasteiger partial charge in [-0.1, -0.05) is 0 Å². The number of aromatic nitrogens is 1. The third kappa shape index (κ3) is 2.22. The predicted octanol–water partition coefficient (Wildman–Crippen LogP) is 1.22. The zero-order chi connectivity index (χ0) is 11.4. The van der Waals surface area contributed by atoms with Gasteiger partial charge in [-0.05, 0) is 49.9 Å². The summed E-state index contributed by atoms with van der Waals surface area (Å²) in [6, 6.07) is 3.87. The number of pyridine rings is 1. The third-order valence-electron chi connectivity index (χ3n) is 3.24. The molecule has 1 aromatic heterocycles. The zero-order valence-electron chi connectivity index (χ0n) is 9.15. The van der Waals surface area contributed by atoms with E-state index in [0.29, 0.717) is 6.42 Å².